The third-order valence-corrected chi connectivity index (χ3v) is 5.29. The summed E-state index contributed by atoms with van der Waals surface area (Å²) < 4.78 is 5.30. The quantitative estimate of drug-likeness (QED) is 0.787. The number of aryl methyl sites for hydroxylation is 3. The molecule has 1 aromatic carbocycles. The van der Waals surface area contributed by atoms with Gasteiger partial charge in [0.25, 0.3) is 5.91 Å². The normalized spacial score (nSPS) is 15.7. The van der Waals surface area contributed by atoms with Crippen LogP contribution in [-0.2, 0) is 6.54 Å². The second kappa shape index (κ2) is 6.61. The standard InChI is InChI=1S/C20H24N4O2/c1-13-11-16(26-22-13)12-23-7-9-24(10-8-23)20(25)18-6-4-5-17-14(2)15(3)21-19(17)18/h4-6,11,21H,7-10,12H2,1-3H3. The highest BCUT2D eigenvalue weighted by atomic mass is 16.5. The Morgan fingerprint density at radius 2 is 1.96 bits per heavy atom. The van der Waals surface area contributed by atoms with E-state index >= 15 is 0 Å². The minimum atomic E-state index is 0.104. The number of nitrogens with one attached hydrogen (secondary N) is 1. The summed E-state index contributed by atoms with van der Waals surface area (Å²) >= 11 is 0. The fourth-order valence-electron chi connectivity index (χ4n) is 3.65. The number of hydrogen-bond acceptors (Lipinski definition) is 4. The Morgan fingerprint density at radius 1 is 1.19 bits per heavy atom. The molecule has 1 aliphatic rings. The lowest BCUT2D eigenvalue weighted by molar-refractivity contribution is 0.0619. The van der Waals surface area contributed by atoms with Crippen LogP contribution in [0.3, 0.4) is 0 Å². The summed E-state index contributed by atoms with van der Waals surface area (Å²) in [6, 6.07) is 7.93. The van der Waals surface area contributed by atoms with Gasteiger partial charge in [0.2, 0.25) is 0 Å². The van der Waals surface area contributed by atoms with Crippen LogP contribution in [0.25, 0.3) is 10.9 Å². The lowest BCUT2D eigenvalue weighted by atomic mass is 10.1. The highest BCUT2D eigenvalue weighted by Gasteiger charge is 2.24. The maximum Gasteiger partial charge on any atom is 0.256 e. The van der Waals surface area contributed by atoms with Crippen LogP contribution in [0.1, 0.15) is 33.1 Å². The van der Waals surface area contributed by atoms with Crippen LogP contribution in [0.2, 0.25) is 0 Å². The zero-order chi connectivity index (χ0) is 18.3. The molecule has 0 radical (unpaired) electrons. The van der Waals surface area contributed by atoms with Crippen molar-refractivity contribution in [2.45, 2.75) is 27.3 Å². The molecule has 6 heteroatoms. The van der Waals surface area contributed by atoms with Crippen LogP contribution in [0.15, 0.2) is 28.8 Å². The Balaban J connectivity index is 1.46. The molecule has 3 heterocycles. The van der Waals surface area contributed by atoms with Crippen molar-refractivity contribution in [2.24, 2.45) is 0 Å². The molecule has 0 unspecified atom stereocenters. The Kier molecular flexibility index (Phi) is 4.28. The van der Waals surface area contributed by atoms with E-state index in [1.54, 1.807) is 0 Å². The van der Waals surface area contributed by atoms with Crippen molar-refractivity contribution in [2.75, 3.05) is 26.2 Å². The maximum absolute atomic E-state index is 13.1. The maximum atomic E-state index is 13.1. The number of amides is 1. The van der Waals surface area contributed by atoms with Gasteiger partial charge in [-0.2, -0.15) is 0 Å². The molecule has 1 N–H and O–H groups in total. The summed E-state index contributed by atoms with van der Waals surface area (Å²) in [5, 5.41) is 5.07. The number of H-pyrrole nitrogens is 1. The van der Waals surface area contributed by atoms with Gasteiger partial charge in [-0.3, -0.25) is 9.69 Å². The molecule has 1 amide bonds. The zero-order valence-electron chi connectivity index (χ0n) is 15.5. The van der Waals surface area contributed by atoms with Gasteiger partial charge in [-0.1, -0.05) is 17.3 Å². The first kappa shape index (κ1) is 16.8. The van der Waals surface area contributed by atoms with Crippen molar-refractivity contribution in [1.29, 1.82) is 0 Å². The van der Waals surface area contributed by atoms with Crippen molar-refractivity contribution in [3.05, 3.63) is 52.5 Å². The molecule has 1 aliphatic heterocycles. The molecule has 3 aromatic rings. The van der Waals surface area contributed by atoms with Gasteiger partial charge in [0.15, 0.2) is 5.76 Å². The predicted octanol–water partition coefficient (Wildman–Crippen LogP) is 3.04. The summed E-state index contributed by atoms with van der Waals surface area (Å²) in [5.74, 6) is 0.983. The number of piperazine rings is 1. The average Bonchev–Trinajstić information content (AvgIpc) is 3.18. The van der Waals surface area contributed by atoms with Crippen molar-refractivity contribution < 1.29 is 9.32 Å². The second-order valence-corrected chi connectivity index (χ2v) is 7.11. The van der Waals surface area contributed by atoms with Gasteiger partial charge in [-0.15, -0.1) is 0 Å². The molecular weight excluding hydrogens is 328 g/mol. The Morgan fingerprint density at radius 3 is 2.65 bits per heavy atom. The molecule has 26 heavy (non-hydrogen) atoms. The molecule has 1 fully saturated rings. The van der Waals surface area contributed by atoms with E-state index in [1.807, 2.05) is 36.9 Å². The number of carbonyl (C=O) groups excluding carboxylic acids is 1. The number of nitrogens with zero attached hydrogens (tertiary/aromatic N) is 3. The van der Waals surface area contributed by atoms with E-state index < -0.39 is 0 Å². The largest absolute Gasteiger partial charge is 0.360 e. The molecule has 1 saturated heterocycles. The van der Waals surface area contributed by atoms with Crippen LogP contribution in [0.5, 0.6) is 0 Å². The number of aromatic nitrogens is 2. The first-order chi connectivity index (χ1) is 12.5. The van der Waals surface area contributed by atoms with Crippen molar-refractivity contribution in [3.8, 4) is 0 Å². The Labute approximate surface area is 152 Å². The highest BCUT2D eigenvalue weighted by Crippen LogP contribution is 2.25. The van der Waals surface area contributed by atoms with Gasteiger partial charge in [-0.25, -0.2) is 0 Å². The molecular formula is C20H24N4O2. The van der Waals surface area contributed by atoms with E-state index in [4.69, 9.17) is 4.52 Å². The van der Waals surface area contributed by atoms with E-state index in [-0.39, 0.29) is 5.91 Å². The molecule has 0 atom stereocenters. The summed E-state index contributed by atoms with van der Waals surface area (Å²) in [7, 11) is 0. The summed E-state index contributed by atoms with van der Waals surface area (Å²) in [6.07, 6.45) is 0. The predicted molar refractivity (Wildman–Crippen MR) is 100 cm³/mol. The molecule has 136 valence electrons. The monoisotopic (exact) mass is 352 g/mol. The lowest BCUT2D eigenvalue weighted by Crippen LogP contribution is -2.48. The third kappa shape index (κ3) is 3.01. The van der Waals surface area contributed by atoms with Gasteiger partial charge >= 0.3 is 0 Å². The molecule has 0 spiro atoms. The van der Waals surface area contributed by atoms with E-state index in [9.17, 15) is 4.79 Å². The summed E-state index contributed by atoms with van der Waals surface area (Å²) in [4.78, 5) is 20.7. The van der Waals surface area contributed by atoms with Gasteiger partial charge in [0.05, 0.1) is 23.3 Å². The smallest absolute Gasteiger partial charge is 0.256 e. The summed E-state index contributed by atoms with van der Waals surface area (Å²) in [5.41, 5.74) is 4.94. The Bertz CT molecular complexity index is 948. The lowest BCUT2D eigenvalue weighted by Gasteiger charge is -2.34. The van der Waals surface area contributed by atoms with Crippen LogP contribution in [-0.4, -0.2) is 52.0 Å². The number of para-hydroxylation sites is 1. The van der Waals surface area contributed by atoms with Crippen molar-refractivity contribution in [1.82, 2.24) is 19.9 Å². The Hall–Kier alpha value is -2.60. The number of carbonyl (C=O) groups is 1. The molecule has 2 aromatic heterocycles. The van der Waals surface area contributed by atoms with Gasteiger partial charge in [-0.05, 0) is 32.4 Å². The molecule has 0 bridgehead atoms. The molecule has 0 saturated carbocycles. The number of hydrogen-bond donors (Lipinski definition) is 1. The van der Waals surface area contributed by atoms with Gasteiger partial charge < -0.3 is 14.4 Å². The number of rotatable bonds is 3. The molecule has 4 rings (SSSR count). The van der Waals surface area contributed by atoms with Crippen molar-refractivity contribution in [3.63, 3.8) is 0 Å². The van der Waals surface area contributed by atoms with Crippen LogP contribution in [0, 0.1) is 20.8 Å². The van der Waals surface area contributed by atoms with E-state index in [2.05, 4.69) is 28.0 Å². The number of fused-ring (bicyclic) bond motifs is 1. The van der Waals surface area contributed by atoms with E-state index in [1.165, 1.54) is 5.56 Å². The van der Waals surface area contributed by atoms with Crippen LogP contribution < -0.4 is 0 Å². The zero-order valence-corrected chi connectivity index (χ0v) is 15.5. The average molecular weight is 352 g/mol. The minimum Gasteiger partial charge on any atom is -0.360 e. The molecule has 0 aliphatic carbocycles. The minimum absolute atomic E-state index is 0.104. The topological polar surface area (TPSA) is 65.4 Å². The SMILES string of the molecule is Cc1cc(CN2CCN(C(=O)c3cccc4c(C)c(C)[nH]c34)CC2)on1. The van der Waals surface area contributed by atoms with E-state index in [0.29, 0.717) is 0 Å². The highest BCUT2D eigenvalue weighted by molar-refractivity contribution is 6.06. The summed E-state index contributed by atoms with van der Waals surface area (Å²) in [6.45, 7) is 9.93. The number of aromatic amines is 1. The number of benzene rings is 1. The van der Waals surface area contributed by atoms with E-state index in [0.717, 1.165) is 66.3 Å². The molecule has 6 nitrogen and oxygen atoms in total. The first-order valence-corrected chi connectivity index (χ1v) is 9.04. The van der Waals surface area contributed by atoms with Crippen molar-refractivity contribution >= 4 is 16.8 Å². The van der Waals surface area contributed by atoms with Gasteiger partial charge in [0.1, 0.15) is 0 Å². The fraction of sp³-hybridized carbons (Fsp3) is 0.400. The first-order valence-electron chi connectivity index (χ1n) is 9.04. The second-order valence-electron chi connectivity index (χ2n) is 7.11. The third-order valence-electron chi connectivity index (χ3n) is 5.29. The fourth-order valence-corrected chi connectivity index (χ4v) is 3.65. The van der Waals surface area contributed by atoms with Crippen LogP contribution >= 0.6 is 0 Å². The van der Waals surface area contributed by atoms with Crippen LogP contribution in [0.4, 0.5) is 0 Å². The van der Waals surface area contributed by atoms with Gasteiger partial charge in [0, 0.05) is 43.3 Å².